The molecule has 0 bridgehead atoms. The maximum Gasteiger partial charge on any atom is 0.137 e. The van der Waals surface area contributed by atoms with E-state index in [9.17, 15) is 4.39 Å². The van der Waals surface area contributed by atoms with Crippen LogP contribution in [-0.2, 0) is 6.54 Å². The van der Waals surface area contributed by atoms with E-state index < -0.39 is 0 Å². The first kappa shape index (κ1) is 14.0. The third-order valence-corrected chi connectivity index (χ3v) is 4.21. The van der Waals surface area contributed by atoms with Crippen molar-refractivity contribution in [3.05, 3.63) is 34.1 Å². The fourth-order valence-electron chi connectivity index (χ4n) is 2.06. The van der Waals surface area contributed by atoms with E-state index in [2.05, 4.69) is 40.1 Å². The molecule has 2 nitrogen and oxygen atoms in total. The maximum absolute atomic E-state index is 13.3. The molecule has 0 aromatic heterocycles. The van der Waals surface area contributed by atoms with Gasteiger partial charge in [-0.15, -0.1) is 0 Å². The summed E-state index contributed by atoms with van der Waals surface area (Å²) in [6, 6.07) is 6.58. The SMILES string of the molecule is CC(CNCc1ccc(Br)c(F)c1)N(C)C1CC1. The molecule has 1 unspecified atom stereocenters. The number of rotatable bonds is 6. The number of likely N-dealkylation sites (N-methyl/N-ethyl adjacent to an activating group) is 1. The van der Waals surface area contributed by atoms with Gasteiger partial charge in [-0.1, -0.05) is 6.07 Å². The third-order valence-electron chi connectivity index (χ3n) is 3.57. The van der Waals surface area contributed by atoms with Crippen molar-refractivity contribution in [2.75, 3.05) is 13.6 Å². The molecule has 1 aliphatic rings. The van der Waals surface area contributed by atoms with Gasteiger partial charge >= 0.3 is 0 Å². The Morgan fingerprint density at radius 3 is 2.83 bits per heavy atom. The minimum atomic E-state index is -0.197. The van der Waals surface area contributed by atoms with Gasteiger partial charge in [0.2, 0.25) is 0 Å². The first-order chi connectivity index (χ1) is 8.58. The van der Waals surface area contributed by atoms with Crippen LogP contribution in [0.3, 0.4) is 0 Å². The first-order valence-corrected chi connectivity index (χ1v) is 7.24. The largest absolute Gasteiger partial charge is 0.311 e. The number of benzene rings is 1. The molecule has 1 aromatic carbocycles. The summed E-state index contributed by atoms with van der Waals surface area (Å²) in [5.74, 6) is -0.197. The second kappa shape index (κ2) is 6.13. The Kier molecular flexibility index (Phi) is 4.76. The summed E-state index contributed by atoms with van der Waals surface area (Å²) in [5.41, 5.74) is 0.983. The highest BCUT2D eigenvalue weighted by molar-refractivity contribution is 9.10. The van der Waals surface area contributed by atoms with Gasteiger partial charge in [0.05, 0.1) is 4.47 Å². The molecule has 0 amide bonds. The summed E-state index contributed by atoms with van der Waals surface area (Å²) in [7, 11) is 2.18. The van der Waals surface area contributed by atoms with E-state index in [1.807, 2.05) is 6.07 Å². The first-order valence-electron chi connectivity index (χ1n) is 6.44. The molecule has 18 heavy (non-hydrogen) atoms. The molecule has 100 valence electrons. The van der Waals surface area contributed by atoms with Crippen molar-refractivity contribution < 1.29 is 4.39 Å². The van der Waals surface area contributed by atoms with E-state index in [4.69, 9.17) is 0 Å². The Morgan fingerprint density at radius 1 is 1.50 bits per heavy atom. The monoisotopic (exact) mass is 314 g/mol. The maximum atomic E-state index is 13.3. The van der Waals surface area contributed by atoms with Gasteiger partial charge in [0.25, 0.3) is 0 Å². The Labute approximate surface area is 117 Å². The summed E-state index contributed by atoms with van der Waals surface area (Å²) in [6.45, 7) is 3.88. The van der Waals surface area contributed by atoms with Crippen LogP contribution in [0.25, 0.3) is 0 Å². The van der Waals surface area contributed by atoms with E-state index in [0.29, 0.717) is 17.1 Å². The minimum absolute atomic E-state index is 0.197. The second-order valence-electron chi connectivity index (χ2n) is 5.13. The molecule has 1 atom stereocenters. The summed E-state index contributed by atoms with van der Waals surface area (Å²) in [4.78, 5) is 2.43. The number of nitrogens with zero attached hydrogens (tertiary/aromatic N) is 1. The molecular formula is C14H20BrFN2. The molecule has 1 fully saturated rings. The van der Waals surface area contributed by atoms with Crippen LogP contribution in [0.1, 0.15) is 25.3 Å². The predicted molar refractivity (Wildman–Crippen MR) is 76.1 cm³/mol. The zero-order valence-corrected chi connectivity index (χ0v) is 12.5. The molecule has 0 radical (unpaired) electrons. The van der Waals surface area contributed by atoms with Crippen LogP contribution in [-0.4, -0.2) is 30.6 Å². The summed E-state index contributed by atoms with van der Waals surface area (Å²) < 4.78 is 13.8. The van der Waals surface area contributed by atoms with Crippen molar-refractivity contribution in [1.82, 2.24) is 10.2 Å². The standard InChI is InChI=1S/C14H20BrFN2/c1-10(18(2)12-4-5-12)8-17-9-11-3-6-13(15)14(16)7-11/h3,6-7,10,12,17H,4-5,8-9H2,1-2H3. The Morgan fingerprint density at radius 2 is 2.22 bits per heavy atom. The van der Waals surface area contributed by atoms with Crippen LogP contribution in [0.5, 0.6) is 0 Å². The fraction of sp³-hybridized carbons (Fsp3) is 0.571. The summed E-state index contributed by atoms with van der Waals surface area (Å²) in [6.07, 6.45) is 2.66. The van der Waals surface area contributed by atoms with E-state index in [0.717, 1.165) is 18.2 Å². The zero-order valence-electron chi connectivity index (χ0n) is 10.9. The number of nitrogens with one attached hydrogen (secondary N) is 1. The van der Waals surface area contributed by atoms with Crippen molar-refractivity contribution in [3.8, 4) is 0 Å². The van der Waals surface area contributed by atoms with Crippen LogP contribution < -0.4 is 5.32 Å². The molecule has 1 aromatic rings. The molecule has 1 N–H and O–H groups in total. The van der Waals surface area contributed by atoms with E-state index in [1.165, 1.54) is 12.8 Å². The van der Waals surface area contributed by atoms with Crippen LogP contribution in [0, 0.1) is 5.82 Å². The normalized spacial score (nSPS) is 17.2. The molecule has 0 spiro atoms. The van der Waals surface area contributed by atoms with Crippen molar-refractivity contribution in [2.24, 2.45) is 0 Å². The van der Waals surface area contributed by atoms with Gasteiger partial charge in [-0.3, -0.25) is 4.90 Å². The highest BCUT2D eigenvalue weighted by atomic mass is 79.9. The average Bonchev–Trinajstić information content (AvgIpc) is 3.16. The van der Waals surface area contributed by atoms with E-state index in [1.54, 1.807) is 12.1 Å². The summed E-state index contributed by atoms with van der Waals surface area (Å²) >= 11 is 3.16. The average molecular weight is 315 g/mol. The Hall–Kier alpha value is -0.450. The molecule has 2 rings (SSSR count). The van der Waals surface area contributed by atoms with Gasteiger partial charge in [0.15, 0.2) is 0 Å². The molecule has 0 heterocycles. The lowest BCUT2D eigenvalue weighted by Crippen LogP contribution is -2.38. The van der Waals surface area contributed by atoms with Crippen LogP contribution in [0.4, 0.5) is 4.39 Å². The molecule has 1 aliphatic carbocycles. The second-order valence-corrected chi connectivity index (χ2v) is 5.98. The third kappa shape index (κ3) is 3.77. The van der Waals surface area contributed by atoms with Gasteiger partial charge < -0.3 is 5.32 Å². The van der Waals surface area contributed by atoms with Gasteiger partial charge in [0, 0.05) is 25.2 Å². The topological polar surface area (TPSA) is 15.3 Å². The Bertz CT molecular complexity index is 407. The van der Waals surface area contributed by atoms with Gasteiger partial charge in [0.1, 0.15) is 5.82 Å². The molecular weight excluding hydrogens is 295 g/mol. The van der Waals surface area contributed by atoms with Crippen LogP contribution in [0.15, 0.2) is 22.7 Å². The van der Waals surface area contributed by atoms with Crippen molar-refractivity contribution in [3.63, 3.8) is 0 Å². The predicted octanol–water partition coefficient (Wildman–Crippen LogP) is 3.16. The van der Waals surface area contributed by atoms with Crippen LogP contribution >= 0.6 is 15.9 Å². The van der Waals surface area contributed by atoms with Gasteiger partial charge in [-0.25, -0.2) is 4.39 Å². The summed E-state index contributed by atoms with van der Waals surface area (Å²) in [5, 5.41) is 3.39. The van der Waals surface area contributed by atoms with Gasteiger partial charge in [-0.2, -0.15) is 0 Å². The number of hydrogen-bond donors (Lipinski definition) is 1. The highest BCUT2D eigenvalue weighted by Gasteiger charge is 2.28. The smallest absolute Gasteiger partial charge is 0.137 e. The zero-order chi connectivity index (χ0) is 13.1. The quantitative estimate of drug-likeness (QED) is 0.867. The Balaban J connectivity index is 1.75. The molecule has 1 saturated carbocycles. The fourth-order valence-corrected chi connectivity index (χ4v) is 2.31. The van der Waals surface area contributed by atoms with E-state index >= 15 is 0 Å². The molecule has 4 heteroatoms. The van der Waals surface area contributed by atoms with Crippen LogP contribution in [0.2, 0.25) is 0 Å². The van der Waals surface area contributed by atoms with Crippen molar-refractivity contribution in [2.45, 2.75) is 38.4 Å². The number of hydrogen-bond acceptors (Lipinski definition) is 2. The number of halogens is 2. The lowest BCUT2D eigenvalue weighted by Gasteiger charge is -2.24. The van der Waals surface area contributed by atoms with E-state index in [-0.39, 0.29) is 5.82 Å². The van der Waals surface area contributed by atoms with Crippen molar-refractivity contribution >= 4 is 15.9 Å². The lowest BCUT2D eigenvalue weighted by atomic mass is 10.2. The van der Waals surface area contributed by atoms with Crippen molar-refractivity contribution in [1.29, 1.82) is 0 Å². The highest BCUT2D eigenvalue weighted by Crippen LogP contribution is 2.26. The molecule has 0 saturated heterocycles. The minimum Gasteiger partial charge on any atom is -0.311 e. The lowest BCUT2D eigenvalue weighted by molar-refractivity contribution is 0.241. The molecule has 0 aliphatic heterocycles. The van der Waals surface area contributed by atoms with Gasteiger partial charge in [-0.05, 0) is 60.4 Å².